The van der Waals surface area contributed by atoms with Gasteiger partial charge in [-0.15, -0.1) is 0 Å². The van der Waals surface area contributed by atoms with Crippen molar-refractivity contribution in [2.45, 2.75) is 66.6 Å². The Morgan fingerprint density at radius 3 is 2.38 bits per heavy atom. The van der Waals surface area contributed by atoms with E-state index in [9.17, 15) is 0 Å². The lowest BCUT2D eigenvalue weighted by molar-refractivity contribution is 0.173. The summed E-state index contributed by atoms with van der Waals surface area (Å²) in [7, 11) is 1.80. The highest BCUT2D eigenvalue weighted by Gasteiger charge is 2.12. The van der Waals surface area contributed by atoms with Gasteiger partial charge < -0.3 is 10.6 Å². The first kappa shape index (κ1) is 22.9. The normalized spacial score (nSPS) is 12.3. The second-order valence-corrected chi connectivity index (χ2v) is 7.99. The first-order valence-electron chi connectivity index (χ1n) is 10.5. The van der Waals surface area contributed by atoms with Crippen LogP contribution >= 0.6 is 0 Å². The number of nitrogens with zero attached hydrogens (tertiary/aromatic N) is 5. The average molecular weight is 400 g/mol. The fourth-order valence-electron chi connectivity index (χ4n) is 3.49. The van der Waals surface area contributed by atoms with Gasteiger partial charge in [0, 0.05) is 50.7 Å². The molecule has 0 atom stereocenters. The Labute approximate surface area is 175 Å². The van der Waals surface area contributed by atoms with Gasteiger partial charge in [0.2, 0.25) is 0 Å². The molecule has 0 bridgehead atoms. The van der Waals surface area contributed by atoms with Crippen LogP contribution in [0.5, 0.6) is 0 Å². The molecule has 2 aromatic rings. The van der Waals surface area contributed by atoms with Crippen molar-refractivity contribution in [2.24, 2.45) is 4.99 Å². The van der Waals surface area contributed by atoms with Crippen LogP contribution in [0.1, 0.15) is 51.1 Å². The number of aliphatic imine (C=N–C) groups is 1. The maximum atomic E-state index is 4.55. The van der Waals surface area contributed by atoms with Gasteiger partial charge in [-0.05, 0) is 65.7 Å². The number of aromatic nitrogens is 3. The number of hydrogen-bond acceptors (Lipinski definition) is 4. The molecular weight excluding hydrogens is 362 g/mol. The second-order valence-electron chi connectivity index (χ2n) is 7.99. The van der Waals surface area contributed by atoms with Gasteiger partial charge in [-0.3, -0.25) is 9.89 Å². The molecule has 2 heterocycles. The second kappa shape index (κ2) is 11.0. The van der Waals surface area contributed by atoms with E-state index in [1.165, 1.54) is 0 Å². The quantitative estimate of drug-likeness (QED) is 0.385. The van der Waals surface area contributed by atoms with Crippen LogP contribution < -0.4 is 10.6 Å². The molecule has 0 aliphatic heterocycles. The number of aryl methyl sites for hydroxylation is 2. The molecule has 0 aromatic carbocycles. The van der Waals surface area contributed by atoms with Crippen LogP contribution in [0.3, 0.4) is 0 Å². The fraction of sp³-hybridized carbons (Fsp3) is 0.591. The highest BCUT2D eigenvalue weighted by atomic mass is 15.3. The van der Waals surface area contributed by atoms with Crippen LogP contribution in [0.2, 0.25) is 0 Å². The van der Waals surface area contributed by atoms with Crippen LogP contribution in [0, 0.1) is 13.8 Å². The highest BCUT2D eigenvalue weighted by Crippen LogP contribution is 2.10. The Morgan fingerprint density at radius 1 is 1.14 bits per heavy atom. The summed E-state index contributed by atoms with van der Waals surface area (Å²) in [6, 6.07) is 7.25. The van der Waals surface area contributed by atoms with Crippen molar-refractivity contribution >= 4 is 5.96 Å². The smallest absolute Gasteiger partial charge is 0.191 e. The van der Waals surface area contributed by atoms with Crippen molar-refractivity contribution in [2.75, 3.05) is 20.1 Å². The van der Waals surface area contributed by atoms with E-state index in [-0.39, 0.29) is 0 Å². The van der Waals surface area contributed by atoms with Crippen molar-refractivity contribution in [1.29, 1.82) is 0 Å². The summed E-state index contributed by atoms with van der Waals surface area (Å²) in [6.45, 7) is 15.7. The van der Waals surface area contributed by atoms with E-state index in [1.54, 1.807) is 7.05 Å². The van der Waals surface area contributed by atoms with Crippen LogP contribution in [-0.4, -0.2) is 57.8 Å². The van der Waals surface area contributed by atoms with Gasteiger partial charge in [0.25, 0.3) is 0 Å². The highest BCUT2D eigenvalue weighted by molar-refractivity contribution is 5.79. The number of pyridine rings is 1. The molecule has 0 aliphatic carbocycles. The Hall–Kier alpha value is -2.41. The Balaban J connectivity index is 1.80. The number of guanidine groups is 1. The van der Waals surface area contributed by atoms with Gasteiger partial charge in [0.05, 0.1) is 5.69 Å². The largest absolute Gasteiger partial charge is 0.356 e. The van der Waals surface area contributed by atoms with E-state index in [1.807, 2.05) is 36.9 Å². The molecule has 2 aromatic heterocycles. The van der Waals surface area contributed by atoms with Crippen molar-refractivity contribution in [3.05, 3.63) is 41.3 Å². The molecule has 0 fully saturated rings. The van der Waals surface area contributed by atoms with Crippen LogP contribution in [0.15, 0.2) is 29.4 Å². The van der Waals surface area contributed by atoms with E-state index in [0.29, 0.717) is 18.6 Å². The third-order valence-corrected chi connectivity index (χ3v) is 4.93. The molecule has 0 radical (unpaired) electrons. The topological polar surface area (TPSA) is 70.4 Å². The SMILES string of the molecule is CN=C(NCCCN(C(C)C)C(C)C)NCc1ccc(-n2nc(C)cc2C)nc1. The zero-order chi connectivity index (χ0) is 21.4. The van der Waals surface area contributed by atoms with Gasteiger partial charge >= 0.3 is 0 Å². The van der Waals surface area contributed by atoms with Gasteiger partial charge in [-0.25, -0.2) is 9.67 Å². The zero-order valence-corrected chi connectivity index (χ0v) is 19.0. The minimum Gasteiger partial charge on any atom is -0.356 e. The van der Waals surface area contributed by atoms with E-state index < -0.39 is 0 Å². The molecule has 0 saturated heterocycles. The summed E-state index contributed by atoms with van der Waals surface area (Å²) in [5.74, 6) is 1.65. The first-order chi connectivity index (χ1) is 13.8. The lowest BCUT2D eigenvalue weighted by Crippen LogP contribution is -2.41. The Bertz CT molecular complexity index is 767. The molecule has 7 heteroatoms. The molecule has 29 heavy (non-hydrogen) atoms. The van der Waals surface area contributed by atoms with Crippen molar-refractivity contribution < 1.29 is 0 Å². The molecule has 2 rings (SSSR count). The van der Waals surface area contributed by atoms with Gasteiger partial charge in [-0.2, -0.15) is 5.10 Å². The zero-order valence-electron chi connectivity index (χ0n) is 19.0. The summed E-state index contributed by atoms with van der Waals surface area (Å²) in [5.41, 5.74) is 3.18. The van der Waals surface area contributed by atoms with Gasteiger partial charge in [0.1, 0.15) is 0 Å². The standard InChI is InChI=1S/C22H37N7/c1-16(2)28(17(3)4)12-8-11-24-22(23-7)26-15-20-9-10-21(25-14-20)29-19(6)13-18(5)27-29/h9-10,13-14,16-17H,8,11-12,15H2,1-7H3,(H2,23,24,26). The summed E-state index contributed by atoms with van der Waals surface area (Å²) in [6.07, 6.45) is 2.96. The minimum atomic E-state index is 0.567. The van der Waals surface area contributed by atoms with E-state index in [2.05, 4.69) is 64.4 Å². The predicted octanol–water partition coefficient (Wildman–Crippen LogP) is 3.06. The number of hydrogen-bond donors (Lipinski definition) is 2. The van der Waals surface area contributed by atoms with Gasteiger partial charge in [-0.1, -0.05) is 6.07 Å². The molecule has 0 unspecified atom stereocenters. The van der Waals surface area contributed by atoms with Crippen molar-refractivity contribution in [1.82, 2.24) is 30.3 Å². The monoisotopic (exact) mass is 399 g/mol. The lowest BCUT2D eigenvalue weighted by atomic mass is 10.2. The number of nitrogens with one attached hydrogen (secondary N) is 2. The molecule has 7 nitrogen and oxygen atoms in total. The number of rotatable bonds is 9. The van der Waals surface area contributed by atoms with Crippen LogP contribution in [0.4, 0.5) is 0 Å². The minimum absolute atomic E-state index is 0.567. The fourth-order valence-corrected chi connectivity index (χ4v) is 3.49. The Kier molecular flexibility index (Phi) is 8.64. The lowest BCUT2D eigenvalue weighted by Gasteiger charge is -2.30. The summed E-state index contributed by atoms with van der Waals surface area (Å²) in [5, 5.41) is 11.2. The molecule has 0 amide bonds. The van der Waals surface area contributed by atoms with E-state index >= 15 is 0 Å². The van der Waals surface area contributed by atoms with Crippen LogP contribution in [-0.2, 0) is 6.54 Å². The van der Waals surface area contributed by atoms with E-state index in [0.717, 1.165) is 48.2 Å². The van der Waals surface area contributed by atoms with E-state index in [4.69, 9.17) is 0 Å². The summed E-state index contributed by atoms with van der Waals surface area (Å²) in [4.78, 5) is 11.4. The summed E-state index contributed by atoms with van der Waals surface area (Å²) < 4.78 is 1.87. The van der Waals surface area contributed by atoms with Crippen LogP contribution in [0.25, 0.3) is 5.82 Å². The third-order valence-electron chi connectivity index (χ3n) is 4.93. The van der Waals surface area contributed by atoms with Crippen molar-refractivity contribution in [3.8, 4) is 5.82 Å². The maximum absolute atomic E-state index is 4.55. The summed E-state index contributed by atoms with van der Waals surface area (Å²) >= 11 is 0. The predicted molar refractivity (Wildman–Crippen MR) is 121 cm³/mol. The van der Waals surface area contributed by atoms with Crippen molar-refractivity contribution in [3.63, 3.8) is 0 Å². The molecule has 0 aliphatic rings. The molecule has 160 valence electrons. The average Bonchev–Trinajstić information content (AvgIpc) is 3.01. The first-order valence-corrected chi connectivity index (χ1v) is 10.5. The molecule has 0 spiro atoms. The third kappa shape index (κ3) is 6.85. The molecule has 0 saturated carbocycles. The Morgan fingerprint density at radius 2 is 1.86 bits per heavy atom. The maximum Gasteiger partial charge on any atom is 0.191 e. The molecule has 2 N–H and O–H groups in total. The molecular formula is C22H37N7. The van der Waals surface area contributed by atoms with Gasteiger partial charge in [0.15, 0.2) is 11.8 Å².